The van der Waals surface area contributed by atoms with Crippen LogP contribution in [0.25, 0.3) is 0 Å². The molecule has 2 heterocycles. The van der Waals surface area contributed by atoms with Gasteiger partial charge in [0, 0.05) is 30.2 Å². The van der Waals surface area contributed by atoms with E-state index in [0.717, 1.165) is 24.5 Å². The van der Waals surface area contributed by atoms with Crippen LogP contribution in [-0.4, -0.2) is 28.3 Å². The predicted octanol–water partition coefficient (Wildman–Crippen LogP) is 4.22. The number of nitrogens with zero attached hydrogens (tertiary/aromatic N) is 5. The third-order valence-corrected chi connectivity index (χ3v) is 4.69. The zero-order valence-electron chi connectivity index (χ0n) is 15.5. The number of nitriles is 1. The second-order valence-electron chi connectivity index (χ2n) is 6.70. The summed E-state index contributed by atoms with van der Waals surface area (Å²) in [5, 5.41) is 23.3. The molecule has 28 heavy (non-hydrogen) atoms. The number of hydrogen-bond acceptors (Lipinski definition) is 7. The first-order valence-electron chi connectivity index (χ1n) is 9.39. The number of nitrogens with one attached hydrogen (secondary N) is 2. The predicted molar refractivity (Wildman–Crippen MR) is 110 cm³/mol. The first kappa shape index (κ1) is 17.7. The van der Waals surface area contributed by atoms with Crippen LogP contribution in [0.5, 0.6) is 0 Å². The molecule has 1 aromatic heterocycles. The van der Waals surface area contributed by atoms with E-state index in [1.54, 1.807) is 18.3 Å². The van der Waals surface area contributed by atoms with Crippen LogP contribution < -0.4 is 15.5 Å². The molecule has 1 aliphatic heterocycles. The molecule has 1 aliphatic rings. The van der Waals surface area contributed by atoms with Crippen molar-refractivity contribution in [2.75, 3.05) is 28.6 Å². The van der Waals surface area contributed by atoms with Crippen molar-refractivity contribution in [3.05, 3.63) is 60.3 Å². The van der Waals surface area contributed by atoms with Crippen molar-refractivity contribution in [3.8, 4) is 6.07 Å². The van der Waals surface area contributed by atoms with Gasteiger partial charge in [-0.1, -0.05) is 0 Å². The lowest BCUT2D eigenvalue weighted by molar-refractivity contribution is 0.578. The third-order valence-electron chi connectivity index (χ3n) is 4.69. The molecule has 0 spiro atoms. The maximum atomic E-state index is 8.87. The van der Waals surface area contributed by atoms with Gasteiger partial charge in [0.2, 0.25) is 5.95 Å². The molecule has 0 radical (unpaired) electrons. The fraction of sp³-hybridized carbons (Fsp3) is 0.238. The second kappa shape index (κ2) is 8.35. The van der Waals surface area contributed by atoms with Gasteiger partial charge < -0.3 is 15.5 Å². The van der Waals surface area contributed by atoms with E-state index in [2.05, 4.69) is 48.9 Å². The van der Waals surface area contributed by atoms with Gasteiger partial charge in [0.15, 0.2) is 5.82 Å². The van der Waals surface area contributed by atoms with Crippen LogP contribution in [0.1, 0.15) is 24.8 Å². The van der Waals surface area contributed by atoms with E-state index < -0.39 is 0 Å². The highest BCUT2D eigenvalue weighted by Gasteiger charge is 2.10. The van der Waals surface area contributed by atoms with Crippen LogP contribution in [0, 0.1) is 11.3 Å². The summed E-state index contributed by atoms with van der Waals surface area (Å²) >= 11 is 0. The van der Waals surface area contributed by atoms with Crippen molar-refractivity contribution in [1.29, 1.82) is 5.26 Å². The van der Waals surface area contributed by atoms with Crippen LogP contribution in [0.4, 0.5) is 28.8 Å². The Labute approximate surface area is 164 Å². The monoisotopic (exact) mass is 371 g/mol. The normalized spacial score (nSPS) is 13.6. The molecule has 2 aromatic carbocycles. The van der Waals surface area contributed by atoms with Gasteiger partial charge in [-0.15, -0.1) is 5.10 Å². The Balaban J connectivity index is 1.42. The summed E-state index contributed by atoms with van der Waals surface area (Å²) in [6.07, 6.45) is 5.41. The third kappa shape index (κ3) is 4.35. The van der Waals surface area contributed by atoms with Gasteiger partial charge in [0.1, 0.15) is 0 Å². The minimum atomic E-state index is 0.421. The second-order valence-corrected chi connectivity index (χ2v) is 6.70. The molecular weight excluding hydrogens is 350 g/mol. The summed E-state index contributed by atoms with van der Waals surface area (Å²) in [7, 11) is 0. The molecule has 140 valence electrons. The van der Waals surface area contributed by atoms with E-state index in [0.29, 0.717) is 17.3 Å². The number of aromatic nitrogens is 3. The van der Waals surface area contributed by atoms with Crippen LogP contribution in [-0.2, 0) is 0 Å². The molecule has 3 aromatic rings. The molecule has 0 atom stereocenters. The van der Waals surface area contributed by atoms with Crippen molar-refractivity contribution in [3.63, 3.8) is 0 Å². The van der Waals surface area contributed by atoms with Gasteiger partial charge in [0.05, 0.1) is 17.8 Å². The molecule has 2 N–H and O–H groups in total. The van der Waals surface area contributed by atoms with Crippen molar-refractivity contribution in [2.24, 2.45) is 0 Å². The van der Waals surface area contributed by atoms with E-state index in [9.17, 15) is 0 Å². The van der Waals surface area contributed by atoms with Crippen molar-refractivity contribution >= 4 is 28.8 Å². The van der Waals surface area contributed by atoms with Crippen LogP contribution in [0.2, 0.25) is 0 Å². The van der Waals surface area contributed by atoms with Gasteiger partial charge in [-0.05, 0) is 67.8 Å². The maximum Gasteiger partial charge on any atom is 0.249 e. The van der Waals surface area contributed by atoms with E-state index in [-0.39, 0.29) is 0 Å². The minimum Gasteiger partial charge on any atom is -0.372 e. The summed E-state index contributed by atoms with van der Waals surface area (Å²) < 4.78 is 0. The molecule has 0 bridgehead atoms. The van der Waals surface area contributed by atoms with Crippen molar-refractivity contribution in [2.45, 2.75) is 19.3 Å². The first-order valence-corrected chi connectivity index (χ1v) is 9.39. The maximum absolute atomic E-state index is 8.87. The molecule has 1 saturated heterocycles. The van der Waals surface area contributed by atoms with E-state index in [1.807, 2.05) is 24.3 Å². The molecule has 7 heteroatoms. The van der Waals surface area contributed by atoms with Gasteiger partial charge in [-0.25, -0.2) is 0 Å². The highest BCUT2D eigenvalue weighted by molar-refractivity contribution is 5.61. The van der Waals surface area contributed by atoms with Gasteiger partial charge >= 0.3 is 0 Å². The number of piperidine rings is 1. The number of rotatable bonds is 5. The fourth-order valence-electron chi connectivity index (χ4n) is 3.23. The largest absolute Gasteiger partial charge is 0.372 e. The molecular formula is C21H21N7. The lowest BCUT2D eigenvalue weighted by atomic mass is 10.1. The van der Waals surface area contributed by atoms with E-state index >= 15 is 0 Å². The summed E-state index contributed by atoms with van der Waals surface area (Å²) in [6, 6.07) is 17.6. The van der Waals surface area contributed by atoms with E-state index in [4.69, 9.17) is 5.26 Å². The summed E-state index contributed by atoms with van der Waals surface area (Å²) in [6.45, 7) is 2.26. The number of anilines is 5. The average Bonchev–Trinajstić information content (AvgIpc) is 2.76. The Morgan fingerprint density at radius 2 is 1.54 bits per heavy atom. The van der Waals surface area contributed by atoms with Gasteiger partial charge in [-0.2, -0.15) is 15.3 Å². The van der Waals surface area contributed by atoms with Crippen LogP contribution in [0.15, 0.2) is 54.7 Å². The standard InChI is InChI=1S/C21H21N7/c22-14-16-4-6-17(7-5-16)24-20-15-23-27-21(26-20)25-18-8-10-19(11-9-18)28-12-2-1-3-13-28/h4-11,15H,1-3,12-13H2,(H2,24,25,26,27). The lowest BCUT2D eigenvalue weighted by Gasteiger charge is -2.28. The number of benzene rings is 2. The molecule has 7 nitrogen and oxygen atoms in total. The molecule has 0 amide bonds. The molecule has 1 fully saturated rings. The van der Waals surface area contributed by atoms with Gasteiger partial charge in [-0.3, -0.25) is 0 Å². The summed E-state index contributed by atoms with van der Waals surface area (Å²) in [5.74, 6) is 0.997. The Hall–Kier alpha value is -3.66. The Morgan fingerprint density at radius 3 is 2.25 bits per heavy atom. The van der Waals surface area contributed by atoms with Crippen LogP contribution >= 0.6 is 0 Å². The minimum absolute atomic E-state index is 0.421. The molecule has 0 unspecified atom stereocenters. The average molecular weight is 371 g/mol. The first-order chi connectivity index (χ1) is 13.8. The lowest BCUT2D eigenvalue weighted by Crippen LogP contribution is -2.29. The highest BCUT2D eigenvalue weighted by Crippen LogP contribution is 2.23. The van der Waals surface area contributed by atoms with Gasteiger partial charge in [0.25, 0.3) is 0 Å². The smallest absolute Gasteiger partial charge is 0.249 e. The molecule has 4 rings (SSSR count). The highest BCUT2D eigenvalue weighted by atomic mass is 15.3. The Morgan fingerprint density at radius 1 is 0.857 bits per heavy atom. The zero-order chi connectivity index (χ0) is 19.2. The van der Waals surface area contributed by atoms with Crippen molar-refractivity contribution < 1.29 is 0 Å². The molecule has 0 aliphatic carbocycles. The number of hydrogen-bond donors (Lipinski definition) is 2. The summed E-state index contributed by atoms with van der Waals surface area (Å²) in [4.78, 5) is 6.87. The quantitative estimate of drug-likeness (QED) is 0.694. The molecule has 0 saturated carbocycles. The van der Waals surface area contributed by atoms with Crippen LogP contribution in [0.3, 0.4) is 0 Å². The summed E-state index contributed by atoms with van der Waals surface area (Å²) in [5.41, 5.74) is 3.61. The fourth-order valence-corrected chi connectivity index (χ4v) is 3.23. The topological polar surface area (TPSA) is 89.8 Å². The SMILES string of the molecule is N#Cc1ccc(Nc2cnnc(Nc3ccc(N4CCCCC4)cc3)n2)cc1. The van der Waals surface area contributed by atoms with E-state index in [1.165, 1.54) is 24.9 Å². The Bertz CT molecular complexity index is 955. The zero-order valence-corrected chi connectivity index (χ0v) is 15.5. The van der Waals surface area contributed by atoms with Crippen molar-refractivity contribution in [1.82, 2.24) is 15.2 Å². The Kier molecular flexibility index (Phi) is 5.29.